The first kappa shape index (κ1) is 24.2. The average Bonchev–Trinajstić information content (AvgIpc) is 3.64. The monoisotopic (exact) mass is 568 g/mol. The number of hydrogen-bond acceptors (Lipinski definition) is 4. The molecule has 0 radical (unpaired) electrons. The molecule has 0 aliphatic rings. The molecule has 3 heterocycles. The molecule has 0 aliphatic heterocycles. The van der Waals surface area contributed by atoms with Crippen molar-refractivity contribution in [2.24, 2.45) is 0 Å². The van der Waals surface area contributed by atoms with Crippen molar-refractivity contribution >= 4 is 81.3 Å². The molecule has 9 aromatic rings. The fourth-order valence-corrected chi connectivity index (χ4v) is 7.48. The minimum atomic E-state index is 0.858. The number of furan rings is 1. The van der Waals surface area contributed by atoms with Crippen LogP contribution < -0.4 is 4.90 Å². The number of nitrogens with zero attached hydrogens (tertiary/aromatic N) is 2. The summed E-state index contributed by atoms with van der Waals surface area (Å²) in [6.45, 7) is 0. The second-order valence-corrected chi connectivity index (χ2v) is 11.9. The minimum Gasteiger partial charge on any atom is -0.456 e. The smallest absolute Gasteiger partial charge is 0.138 e. The largest absolute Gasteiger partial charge is 0.456 e. The van der Waals surface area contributed by atoms with Crippen LogP contribution in [0.15, 0.2) is 150 Å². The van der Waals surface area contributed by atoms with E-state index in [1.54, 1.807) is 6.20 Å². The number of aromatic nitrogens is 1. The fourth-order valence-electron chi connectivity index (χ4n) is 6.39. The highest BCUT2D eigenvalue weighted by atomic mass is 32.1. The number of fused-ring (bicyclic) bond motifs is 8. The molecule has 3 nitrogen and oxygen atoms in total. The van der Waals surface area contributed by atoms with Gasteiger partial charge >= 0.3 is 0 Å². The minimum absolute atomic E-state index is 0.858. The molecule has 0 N–H and O–H groups in total. The lowest BCUT2D eigenvalue weighted by Crippen LogP contribution is -2.09. The molecule has 0 atom stereocenters. The third kappa shape index (κ3) is 3.84. The van der Waals surface area contributed by atoms with Crippen LogP contribution in [0.5, 0.6) is 0 Å². The number of pyridine rings is 1. The lowest BCUT2D eigenvalue weighted by Gasteiger charge is -2.26. The number of benzene rings is 6. The number of rotatable bonds is 4. The van der Waals surface area contributed by atoms with E-state index < -0.39 is 0 Å². The van der Waals surface area contributed by atoms with Gasteiger partial charge in [0.15, 0.2) is 0 Å². The summed E-state index contributed by atoms with van der Waals surface area (Å²) in [6.07, 6.45) is 3.68. The van der Waals surface area contributed by atoms with Gasteiger partial charge in [-0.05, 0) is 82.6 Å². The highest BCUT2D eigenvalue weighted by molar-refractivity contribution is 7.25. The van der Waals surface area contributed by atoms with Crippen molar-refractivity contribution in [3.05, 3.63) is 146 Å². The van der Waals surface area contributed by atoms with E-state index in [1.807, 2.05) is 23.6 Å². The van der Waals surface area contributed by atoms with E-state index in [2.05, 4.69) is 137 Å². The van der Waals surface area contributed by atoms with Crippen LogP contribution in [0, 0.1) is 0 Å². The molecule has 0 amide bonds. The molecule has 4 heteroatoms. The Kier molecular flexibility index (Phi) is 5.37. The van der Waals surface area contributed by atoms with E-state index in [-0.39, 0.29) is 0 Å². The van der Waals surface area contributed by atoms with Crippen molar-refractivity contribution in [3.8, 4) is 11.1 Å². The third-order valence-corrected chi connectivity index (χ3v) is 9.50. The van der Waals surface area contributed by atoms with Gasteiger partial charge in [-0.25, -0.2) is 0 Å². The van der Waals surface area contributed by atoms with E-state index >= 15 is 0 Å². The Morgan fingerprint density at radius 1 is 0.512 bits per heavy atom. The molecule has 0 bridgehead atoms. The maximum atomic E-state index is 6.31. The Morgan fingerprint density at radius 3 is 2.07 bits per heavy atom. The highest BCUT2D eigenvalue weighted by Gasteiger charge is 2.17. The van der Waals surface area contributed by atoms with Crippen molar-refractivity contribution in [2.75, 3.05) is 4.90 Å². The Bertz CT molecular complexity index is 2460. The van der Waals surface area contributed by atoms with Crippen LogP contribution >= 0.6 is 11.3 Å². The lowest BCUT2D eigenvalue weighted by molar-refractivity contribution is 0.669. The molecule has 0 saturated heterocycles. The van der Waals surface area contributed by atoms with Gasteiger partial charge in [0.2, 0.25) is 0 Å². The Labute approximate surface area is 251 Å². The van der Waals surface area contributed by atoms with Crippen molar-refractivity contribution in [1.29, 1.82) is 0 Å². The number of thiophene rings is 1. The van der Waals surface area contributed by atoms with Gasteiger partial charge in [-0.3, -0.25) is 4.98 Å². The summed E-state index contributed by atoms with van der Waals surface area (Å²) >= 11 is 1.85. The van der Waals surface area contributed by atoms with Crippen LogP contribution in [-0.2, 0) is 0 Å². The van der Waals surface area contributed by atoms with Gasteiger partial charge in [0.1, 0.15) is 11.2 Å². The molecular formula is C39H24N2OS. The molecule has 0 aliphatic carbocycles. The van der Waals surface area contributed by atoms with E-state index in [1.165, 1.54) is 30.9 Å². The SMILES string of the molecule is c1ccc(N(c2ccc(-c3cc4oc5ccncc5c4c4ccccc34)cc2)c2ccc3sc4ccccc4c3c2)cc1. The summed E-state index contributed by atoms with van der Waals surface area (Å²) in [7, 11) is 0. The topological polar surface area (TPSA) is 29.3 Å². The average molecular weight is 569 g/mol. The molecule has 43 heavy (non-hydrogen) atoms. The molecule has 0 spiro atoms. The van der Waals surface area contributed by atoms with Gasteiger partial charge in [-0.1, -0.05) is 72.8 Å². The summed E-state index contributed by atoms with van der Waals surface area (Å²) in [5.41, 5.74) is 7.40. The molecule has 3 aromatic heterocycles. The Hall–Kier alpha value is -5.45. The number of anilines is 3. The van der Waals surface area contributed by atoms with Crippen molar-refractivity contribution in [2.45, 2.75) is 0 Å². The first-order chi connectivity index (χ1) is 21.3. The predicted octanol–water partition coefficient (Wildman–Crippen LogP) is 11.6. The van der Waals surface area contributed by atoms with Gasteiger partial charge in [0.25, 0.3) is 0 Å². The molecule has 202 valence electrons. The van der Waals surface area contributed by atoms with Gasteiger partial charge < -0.3 is 9.32 Å². The van der Waals surface area contributed by atoms with E-state index in [0.717, 1.165) is 50.1 Å². The zero-order chi connectivity index (χ0) is 28.3. The summed E-state index contributed by atoms with van der Waals surface area (Å²) in [5, 5.41) is 7.12. The lowest BCUT2D eigenvalue weighted by atomic mass is 9.95. The van der Waals surface area contributed by atoms with E-state index in [0.29, 0.717) is 0 Å². The Balaban J connectivity index is 1.20. The molecular weight excluding hydrogens is 545 g/mol. The first-order valence-electron chi connectivity index (χ1n) is 14.4. The van der Waals surface area contributed by atoms with E-state index in [9.17, 15) is 0 Å². The zero-order valence-corrected chi connectivity index (χ0v) is 23.9. The van der Waals surface area contributed by atoms with Crippen molar-refractivity contribution in [1.82, 2.24) is 4.98 Å². The maximum Gasteiger partial charge on any atom is 0.138 e. The summed E-state index contributed by atoms with van der Waals surface area (Å²) in [4.78, 5) is 6.70. The van der Waals surface area contributed by atoms with Crippen LogP contribution in [0.4, 0.5) is 17.1 Å². The van der Waals surface area contributed by atoms with Crippen molar-refractivity contribution < 1.29 is 4.42 Å². The van der Waals surface area contributed by atoms with Crippen LogP contribution in [0.1, 0.15) is 0 Å². The fraction of sp³-hybridized carbons (Fsp3) is 0. The second kappa shape index (κ2) is 9.55. The normalized spacial score (nSPS) is 11.7. The maximum absolute atomic E-state index is 6.31. The second-order valence-electron chi connectivity index (χ2n) is 10.8. The van der Waals surface area contributed by atoms with Crippen LogP contribution in [-0.4, -0.2) is 4.98 Å². The van der Waals surface area contributed by atoms with E-state index in [4.69, 9.17) is 4.42 Å². The molecule has 0 fully saturated rings. The van der Waals surface area contributed by atoms with Crippen LogP contribution in [0.3, 0.4) is 0 Å². The van der Waals surface area contributed by atoms with Crippen molar-refractivity contribution in [3.63, 3.8) is 0 Å². The quantitative estimate of drug-likeness (QED) is 0.211. The summed E-state index contributed by atoms with van der Waals surface area (Å²) in [5.74, 6) is 0. The number of hydrogen-bond donors (Lipinski definition) is 0. The van der Waals surface area contributed by atoms with Crippen LogP contribution in [0.25, 0.3) is 64.0 Å². The van der Waals surface area contributed by atoms with Gasteiger partial charge in [-0.2, -0.15) is 0 Å². The van der Waals surface area contributed by atoms with Gasteiger partial charge in [0, 0.05) is 60.4 Å². The number of para-hydroxylation sites is 1. The molecule has 9 rings (SSSR count). The Morgan fingerprint density at radius 2 is 1.21 bits per heavy atom. The summed E-state index contributed by atoms with van der Waals surface area (Å²) in [6, 6.07) is 47.7. The molecule has 6 aromatic carbocycles. The standard InChI is InChI=1S/C39H24N2OS/c1-2-8-26(9-3-1)41(28-18-19-38-33(22-28)30-11-6-7-13-37(30)43-38)27-16-14-25(15-17-27)32-23-36-39(31-12-5-4-10-29(31)32)34-24-40-21-20-35(34)42-36/h1-24H. The first-order valence-corrected chi connectivity index (χ1v) is 15.2. The predicted molar refractivity (Wildman–Crippen MR) is 182 cm³/mol. The summed E-state index contributed by atoms with van der Waals surface area (Å²) < 4.78 is 8.93. The van der Waals surface area contributed by atoms with Crippen LogP contribution in [0.2, 0.25) is 0 Å². The molecule has 0 saturated carbocycles. The van der Waals surface area contributed by atoms with Gasteiger partial charge in [0.05, 0.1) is 0 Å². The third-order valence-electron chi connectivity index (χ3n) is 8.35. The molecule has 0 unspecified atom stereocenters. The van der Waals surface area contributed by atoms with Gasteiger partial charge in [-0.15, -0.1) is 11.3 Å². The zero-order valence-electron chi connectivity index (χ0n) is 23.1. The highest BCUT2D eigenvalue weighted by Crippen LogP contribution is 2.43.